The van der Waals surface area contributed by atoms with Gasteiger partial charge in [-0.1, -0.05) is 26.0 Å². The van der Waals surface area contributed by atoms with Crippen molar-refractivity contribution in [2.24, 2.45) is 5.92 Å². The minimum Gasteiger partial charge on any atom is -0.294 e. The molecule has 0 unspecified atom stereocenters. The van der Waals surface area contributed by atoms with Crippen LogP contribution in [0.2, 0.25) is 0 Å². The zero-order valence-electron chi connectivity index (χ0n) is 9.69. The molecule has 1 aromatic heterocycles. The van der Waals surface area contributed by atoms with Crippen molar-refractivity contribution in [1.82, 2.24) is 0 Å². The van der Waals surface area contributed by atoms with Crippen LogP contribution in [-0.2, 0) is 0 Å². The van der Waals surface area contributed by atoms with E-state index in [1.165, 1.54) is 5.39 Å². The van der Waals surface area contributed by atoms with E-state index < -0.39 is 0 Å². The fourth-order valence-corrected chi connectivity index (χ4v) is 2.70. The van der Waals surface area contributed by atoms with Crippen molar-refractivity contribution in [2.75, 3.05) is 0 Å². The Balaban J connectivity index is 2.25. The Kier molecular flexibility index (Phi) is 3.39. The Bertz CT molecular complexity index is 496. The van der Waals surface area contributed by atoms with Crippen LogP contribution in [-0.4, -0.2) is 5.78 Å². The predicted octanol–water partition coefficient (Wildman–Crippen LogP) is 4.52. The van der Waals surface area contributed by atoms with Crippen molar-refractivity contribution < 1.29 is 4.79 Å². The number of hydrogen-bond acceptors (Lipinski definition) is 2. The lowest BCUT2D eigenvalue weighted by molar-refractivity contribution is 0.0977. The maximum atomic E-state index is 12.1. The van der Waals surface area contributed by atoms with E-state index in [0.29, 0.717) is 12.3 Å². The number of carbonyl (C=O) groups is 1. The topological polar surface area (TPSA) is 17.1 Å². The summed E-state index contributed by atoms with van der Waals surface area (Å²) in [7, 11) is 0. The fourth-order valence-electron chi connectivity index (χ4n) is 1.77. The summed E-state index contributed by atoms with van der Waals surface area (Å²) in [4.78, 5) is 12.1. The highest BCUT2D eigenvalue weighted by atomic mass is 32.1. The van der Waals surface area contributed by atoms with Crippen LogP contribution in [0.1, 0.15) is 37.0 Å². The Labute approximate surface area is 100 Å². The van der Waals surface area contributed by atoms with Crippen molar-refractivity contribution in [3.05, 3.63) is 35.2 Å². The first kappa shape index (κ1) is 11.3. The average Bonchev–Trinajstić information content (AvgIpc) is 2.73. The van der Waals surface area contributed by atoms with Gasteiger partial charge in [0.1, 0.15) is 0 Å². The Morgan fingerprint density at radius 1 is 1.31 bits per heavy atom. The second-order valence-corrected chi connectivity index (χ2v) is 5.42. The van der Waals surface area contributed by atoms with Crippen molar-refractivity contribution in [2.45, 2.75) is 26.7 Å². The molecule has 2 rings (SSSR count). The molecule has 0 radical (unpaired) electrons. The molecule has 0 amide bonds. The summed E-state index contributed by atoms with van der Waals surface area (Å²) in [5.41, 5.74) is 0.896. The van der Waals surface area contributed by atoms with Crippen molar-refractivity contribution in [1.29, 1.82) is 0 Å². The number of ketones is 1. The van der Waals surface area contributed by atoms with Crippen molar-refractivity contribution in [3.63, 3.8) is 0 Å². The van der Waals surface area contributed by atoms with Crippen LogP contribution in [0.15, 0.2) is 29.6 Å². The summed E-state index contributed by atoms with van der Waals surface area (Å²) < 4.78 is 1.14. The highest BCUT2D eigenvalue weighted by molar-refractivity contribution is 7.17. The fraction of sp³-hybridized carbons (Fsp3) is 0.357. The molecule has 84 valence electrons. The lowest BCUT2D eigenvalue weighted by atomic mass is 10.0. The third kappa shape index (κ3) is 2.33. The van der Waals surface area contributed by atoms with Gasteiger partial charge < -0.3 is 0 Å². The lowest BCUT2D eigenvalue weighted by Crippen LogP contribution is -2.01. The first-order chi connectivity index (χ1) is 7.68. The largest absolute Gasteiger partial charge is 0.294 e. The number of carbonyl (C=O) groups excluding carboxylic acids is 1. The van der Waals surface area contributed by atoms with Gasteiger partial charge >= 0.3 is 0 Å². The Hall–Kier alpha value is -1.15. The highest BCUT2D eigenvalue weighted by Crippen LogP contribution is 2.26. The monoisotopic (exact) mass is 232 g/mol. The second-order valence-electron chi connectivity index (χ2n) is 4.50. The molecule has 0 fully saturated rings. The van der Waals surface area contributed by atoms with Crippen molar-refractivity contribution in [3.8, 4) is 0 Å². The predicted molar refractivity (Wildman–Crippen MR) is 70.2 cm³/mol. The average molecular weight is 232 g/mol. The number of thiophene rings is 1. The minimum absolute atomic E-state index is 0.279. The molecular weight excluding hydrogens is 216 g/mol. The van der Waals surface area contributed by atoms with E-state index in [9.17, 15) is 4.79 Å². The first-order valence-corrected chi connectivity index (χ1v) is 6.56. The summed E-state index contributed by atoms with van der Waals surface area (Å²) in [5, 5.41) is 3.23. The normalized spacial score (nSPS) is 11.2. The van der Waals surface area contributed by atoms with Gasteiger partial charge in [-0.2, -0.15) is 0 Å². The molecule has 0 spiro atoms. The van der Waals surface area contributed by atoms with E-state index in [2.05, 4.69) is 26.0 Å². The van der Waals surface area contributed by atoms with E-state index in [1.807, 2.05) is 17.5 Å². The van der Waals surface area contributed by atoms with Gasteiger partial charge in [0, 0.05) is 16.7 Å². The van der Waals surface area contributed by atoms with Crippen LogP contribution in [0, 0.1) is 5.92 Å². The molecule has 2 aromatic rings. The Morgan fingerprint density at radius 3 is 2.88 bits per heavy atom. The molecule has 0 aliphatic heterocycles. The molecule has 0 N–H and O–H groups in total. The van der Waals surface area contributed by atoms with Gasteiger partial charge in [-0.3, -0.25) is 4.79 Å². The van der Waals surface area contributed by atoms with Crippen LogP contribution in [0.25, 0.3) is 10.1 Å². The van der Waals surface area contributed by atoms with Gasteiger partial charge in [0.2, 0.25) is 0 Å². The Morgan fingerprint density at radius 2 is 2.12 bits per heavy atom. The summed E-state index contributed by atoms with van der Waals surface area (Å²) in [6.45, 7) is 4.30. The maximum absolute atomic E-state index is 12.1. The van der Waals surface area contributed by atoms with E-state index in [-0.39, 0.29) is 5.78 Å². The molecule has 0 aliphatic rings. The quantitative estimate of drug-likeness (QED) is 0.708. The van der Waals surface area contributed by atoms with Gasteiger partial charge in [-0.05, 0) is 35.2 Å². The van der Waals surface area contributed by atoms with E-state index in [0.717, 1.165) is 16.7 Å². The van der Waals surface area contributed by atoms with E-state index in [1.54, 1.807) is 11.3 Å². The molecule has 2 heteroatoms. The number of benzene rings is 1. The lowest BCUT2D eigenvalue weighted by Gasteiger charge is -2.04. The molecule has 0 atom stereocenters. The third-order valence-electron chi connectivity index (χ3n) is 2.73. The molecule has 0 saturated carbocycles. The third-order valence-corrected chi connectivity index (χ3v) is 3.69. The van der Waals surface area contributed by atoms with Crippen molar-refractivity contribution >= 4 is 27.2 Å². The van der Waals surface area contributed by atoms with Crippen LogP contribution in [0.5, 0.6) is 0 Å². The number of Topliss-reactive ketones (excluding diaryl/α,β-unsaturated/α-hetero) is 1. The standard InChI is InChI=1S/C14H16OS/c1-10(2)6-7-13(15)12-5-3-4-11-8-9-16-14(11)12/h3-5,8-10H,6-7H2,1-2H3. The number of fused-ring (bicyclic) bond motifs is 1. The van der Waals surface area contributed by atoms with Gasteiger partial charge in [-0.25, -0.2) is 0 Å². The van der Waals surface area contributed by atoms with Crippen LogP contribution in [0.4, 0.5) is 0 Å². The molecule has 0 saturated heterocycles. The minimum atomic E-state index is 0.279. The van der Waals surface area contributed by atoms with Crippen LogP contribution >= 0.6 is 11.3 Å². The molecular formula is C14H16OS. The summed E-state index contributed by atoms with van der Waals surface area (Å²) >= 11 is 1.66. The SMILES string of the molecule is CC(C)CCC(=O)c1cccc2ccsc12. The van der Waals surface area contributed by atoms with Gasteiger partial charge in [0.25, 0.3) is 0 Å². The smallest absolute Gasteiger partial charge is 0.164 e. The van der Waals surface area contributed by atoms with Gasteiger partial charge in [0.05, 0.1) is 0 Å². The molecule has 1 aromatic carbocycles. The molecule has 16 heavy (non-hydrogen) atoms. The van der Waals surface area contributed by atoms with Gasteiger partial charge in [0.15, 0.2) is 5.78 Å². The highest BCUT2D eigenvalue weighted by Gasteiger charge is 2.11. The van der Waals surface area contributed by atoms with Crippen LogP contribution in [0.3, 0.4) is 0 Å². The molecule has 1 nitrogen and oxygen atoms in total. The second kappa shape index (κ2) is 4.79. The molecule has 1 heterocycles. The van der Waals surface area contributed by atoms with Gasteiger partial charge in [-0.15, -0.1) is 11.3 Å². The summed E-state index contributed by atoms with van der Waals surface area (Å²) in [5.74, 6) is 0.869. The summed E-state index contributed by atoms with van der Waals surface area (Å²) in [6.07, 6.45) is 1.63. The number of rotatable bonds is 4. The van der Waals surface area contributed by atoms with E-state index >= 15 is 0 Å². The van der Waals surface area contributed by atoms with Crippen LogP contribution < -0.4 is 0 Å². The number of hydrogen-bond donors (Lipinski definition) is 0. The zero-order valence-corrected chi connectivity index (χ0v) is 10.5. The van der Waals surface area contributed by atoms with E-state index in [4.69, 9.17) is 0 Å². The maximum Gasteiger partial charge on any atom is 0.164 e. The molecule has 0 bridgehead atoms. The zero-order chi connectivity index (χ0) is 11.5. The first-order valence-electron chi connectivity index (χ1n) is 5.68. The summed E-state index contributed by atoms with van der Waals surface area (Å²) in [6, 6.07) is 8.05. The molecule has 0 aliphatic carbocycles.